The van der Waals surface area contributed by atoms with E-state index in [9.17, 15) is 15.0 Å². The third kappa shape index (κ3) is 1.46. The van der Waals surface area contributed by atoms with Crippen LogP contribution < -0.4 is 5.43 Å². The average Bonchev–Trinajstić information content (AvgIpc) is 2.36. The van der Waals surface area contributed by atoms with Crippen LogP contribution in [0.25, 0.3) is 20.2 Å². The average molecular weight is 279 g/mol. The highest BCUT2D eigenvalue weighted by Gasteiger charge is 2.15. The first kappa shape index (κ1) is 11.3. The van der Waals surface area contributed by atoms with Gasteiger partial charge in [0.25, 0.3) is 0 Å². The molecule has 2 aromatic carbocycles. The van der Waals surface area contributed by atoms with Gasteiger partial charge in [-0.1, -0.05) is 23.7 Å². The van der Waals surface area contributed by atoms with Crippen molar-refractivity contribution >= 4 is 43.1 Å². The van der Waals surface area contributed by atoms with Gasteiger partial charge in [-0.2, -0.15) is 0 Å². The van der Waals surface area contributed by atoms with Crippen molar-refractivity contribution in [2.75, 3.05) is 0 Å². The summed E-state index contributed by atoms with van der Waals surface area (Å²) >= 11 is 7.02. The molecule has 3 nitrogen and oxygen atoms in total. The van der Waals surface area contributed by atoms with Crippen molar-refractivity contribution in [3.8, 4) is 11.5 Å². The number of halogens is 1. The maximum atomic E-state index is 12.3. The fraction of sp³-hybridized carbons (Fsp3) is 0. The highest BCUT2D eigenvalue weighted by Crippen LogP contribution is 2.40. The molecule has 3 aromatic rings. The molecule has 0 amide bonds. The predicted octanol–water partition coefficient (Wildman–Crippen LogP) is 3.48. The molecule has 0 saturated heterocycles. The van der Waals surface area contributed by atoms with Crippen molar-refractivity contribution in [1.82, 2.24) is 0 Å². The van der Waals surface area contributed by atoms with Gasteiger partial charge in [0.1, 0.15) is 11.5 Å². The Labute approximate surface area is 110 Å². The molecule has 1 heterocycles. The van der Waals surface area contributed by atoms with Gasteiger partial charge in [0.15, 0.2) is 5.43 Å². The van der Waals surface area contributed by atoms with Crippen molar-refractivity contribution in [3.05, 3.63) is 45.6 Å². The molecule has 0 fully saturated rings. The van der Waals surface area contributed by atoms with E-state index >= 15 is 0 Å². The number of fused-ring (bicyclic) bond motifs is 2. The summed E-state index contributed by atoms with van der Waals surface area (Å²) in [6.07, 6.45) is 0. The van der Waals surface area contributed by atoms with Gasteiger partial charge in [0.2, 0.25) is 0 Å². The van der Waals surface area contributed by atoms with Crippen LogP contribution in [0.2, 0.25) is 5.02 Å². The molecule has 0 radical (unpaired) electrons. The molecule has 0 unspecified atom stereocenters. The Kier molecular flexibility index (Phi) is 2.43. The number of phenolic OH excluding ortho intramolecular Hbond substituents is 2. The summed E-state index contributed by atoms with van der Waals surface area (Å²) in [7, 11) is 0. The van der Waals surface area contributed by atoms with Crippen LogP contribution in [0.5, 0.6) is 11.5 Å². The van der Waals surface area contributed by atoms with Crippen LogP contribution in [0, 0.1) is 0 Å². The monoisotopic (exact) mass is 278 g/mol. The molecule has 0 atom stereocenters. The molecule has 0 aliphatic carbocycles. The summed E-state index contributed by atoms with van der Waals surface area (Å²) in [5, 5.41) is 20.3. The first-order valence-corrected chi connectivity index (χ1v) is 6.35. The number of benzene rings is 2. The Hall–Kier alpha value is -1.78. The minimum atomic E-state index is -0.324. The van der Waals surface area contributed by atoms with E-state index in [4.69, 9.17) is 11.6 Å². The Morgan fingerprint density at radius 3 is 2.67 bits per heavy atom. The third-order valence-electron chi connectivity index (χ3n) is 2.76. The van der Waals surface area contributed by atoms with Gasteiger partial charge in [-0.15, -0.1) is 11.3 Å². The van der Waals surface area contributed by atoms with E-state index in [0.29, 0.717) is 10.1 Å². The van der Waals surface area contributed by atoms with E-state index in [2.05, 4.69) is 0 Å². The second kappa shape index (κ2) is 3.86. The maximum Gasteiger partial charge on any atom is 0.199 e. The lowest BCUT2D eigenvalue weighted by Gasteiger charge is -2.06. The Balaban J connectivity index is 2.69. The van der Waals surface area contributed by atoms with E-state index < -0.39 is 0 Å². The molecule has 0 bridgehead atoms. The normalized spacial score (nSPS) is 11.2. The van der Waals surface area contributed by atoms with Crippen LogP contribution in [0.1, 0.15) is 0 Å². The number of hydrogen-bond donors (Lipinski definition) is 2. The molecule has 0 saturated carbocycles. The molecule has 2 N–H and O–H groups in total. The number of phenols is 2. The van der Waals surface area contributed by atoms with Gasteiger partial charge < -0.3 is 10.2 Å². The number of hydrogen-bond acceptors (Lipinski definition) is 4. The molecule has 18 heavy (non-hydrogen) atoms. The van der Waals surface area contributed by atoms with Gasteiger partial charge in [0, 0.05) is 16.2 Å². The summed E-state index contributed by atoms with van der Waals surface area (Å²) in [5.41, 5.74) is -0.324. The molecule has 3 rings (SSSR count). The van der Waals surface area contributed by atoms with Crippen molar-refractivity contribution < 1.29 is 10.2 Å². The van der Waals surface area contributed by atoms with Gasteiger partial charge in [0.05, 0.1) is 15.1 Å². The van der Waals surface area contributed by atoms with Gasteiger partial charge >= 0.3 is 0 Å². The second-order valence-electron chi connectivity index (χ2n) is 3.86. The van der Waals surface area contributed by atoms with Crippen LogP contribution in [0.3, 0.4) is 0 Å². The number of aromatic hydroxyl groups is 2. The third-order valence-corrected chi connectivity index (χ3v) is 4.24. The summed E-state index contributed by atoms with van der Waals surface area (Å²) in [5.74, 6) is -0.378. The van der Waals surface area contributed by atoms with Crippen LogP contribution in [0.4, 0.5) is 0 Å². The fourth-order valence-corrected chi connectivity index (χ4v) is 3.20. The molecular formula is C13H7ClO3S. The van der Waals surface area contributed by atoms with E-state index in [1.807, 2.05) is 6.07 Å². The SMILES string of the molecule is O=c1c2ccccc2sc2c(O)cc(Cl)c(O)c12. The zero-order chi connectivity index (χ0) is 12.9. The predicted molar refractivity (Wildman–Crippen MR) is 73.9 cm³/mol. The van der Waals surface area contributed by atoms with Gasteiger partial charge in [-0.3, -0.25) is 4.79 Å². The molecule has 0 aliphatic rings. The largest absolute Gasteiger partial charge is 0.506 e. The van der Waals surface area contributed by atoms with E-state index in [-0.39, 0.29) is 27.3 Å². The van der Waals surface area contributed by atoms with E-state index in [1.54, 1.807) is 18.2 Å². The zero-order valence-electron chi connectivity index (χ0n) is 8.98. The lowest BCUT2D eigenvalue weighted by Crippen LogP contribution is -2.01. The van der Waals surface area contributed by atoms with Crippen molar-refractivity contribution in [3.63, 3.8) is 0 Å². The van der Waals surface area contributed by atoms with Gasteiger partial charge in [-0.25, -0.2) is 0 Å². The van der Waals surface area contributed by atoms with Crippen molar-refractivity contribution in [2.24, 2.45) is 0 Å². The topological polar surface area (TPSA) is 57.5 Å². The maximum absolute atomic E-state index is 12.3. The smallest absolute Gasteiger partial charge is 0.199 e. The highest BCUT2D eigenvalue weighted by atomic mass is 35.5. The summed E-state index contributed by atoms with van der Waals surface area (Å²) in [6.45, 7) is 0. The van der Waals surface area contributed by atoms with E-state index in [0.717, 1.165) is 4.70 Å². The summed E-state index contributed by atoms with van der Waals surface area (Å²) in [6, 6.07) is 8.29. The minimum absolute atomic E-state index is 0.0282. The zero-order valence-corrected chi connectivity index (χ0v) is 10.5. The molecule has 1 aromatic heterocycles. The van der Waals surface area contributed by atoms with Crippen molar-refractivity contribution in [2.45, 2.75) is 0 Å². The second-order valence-corrected chi connectivity index (χ2v) is 5.32. The lowest BCUT2D eigenvalue weighted by molar-refractivity contribution is 0.470. The fourth-order valence-electron chi connectivity index (χ4n) is 1.91. The Morgan fingerprint density at radius 1 is 1.17 bits per heavy atom. The van der Waals surface area contributed by atoms with Crippen molar-refractivity contribution in [1.29, 1.82) is 0 Å². The molecule has 0 aliphatic heterocycles. The minimum Gasteiger partial charge on any atom is -0.506 e. The van der Waals surface area contributed by atoms with Crippen LogP contribution >= 0.6 is 22.9 Å². The standard InChI is InChI=1S/C13H7ClO3S/c14-7-5-8(15)13-10(12(7)17)11(16)6-3-1-2-4-9(6)18-13/h1-5,15,17H. The summed E-state index contributed by atoms with van der Waals surface area (Å²) < 4.78 is 1.10. The van der Waals surface area contributed by atoms with Crippen LogP contribution in [-0.4, -0.2) is 10.2 Å². The van der Waals surface area contributed by atoms with Crippen LogP contribution in [0.15, 0.2) is 35.1 Å². The van der Waals surface area contributed by atoms with Gasteiger partial charge in [-0.05, 0) is 12.1 Å². The van der Waals surface area contributed by atoms with Crippen LogP contribution in [-0.2, 0) is 0 Å². The quantitative estimate of drug-likeness (QED) is 0.489. The summed E-state index contributed by atoms with van der Waals surface area (Å²) in [4.78, 5) is 12.3. The Morgan fingerprint density at radius 2 is 1.89 bits per heavy atom. The first-order valence-electron chi connectivity index (χ1n) is 5.15. The lowest BCUT2D eigenvalue weighted by atomic mass is 10.1. The molecule has 5 heteroatoms. The molecule has 90 valence electrons. The highest BCUT2D eigenvalue weighted by molar-refractivity contribution is 7.25. The van der Waals surface area contributed by atoms with E-state index in [1.165, 1.54) is 17.4 Å². The number of rotatable bonds is 0. The molecule has 0 spiro atoms. The first-order chi connectivity index (χ1) is 8.59. The Bertz CT molecular complexity index is 839. The molecular weight excluding hydrogens is 272 g/mol.